The number of ether oxygens (including phenoxy) is 3. The van der Waals surface area contributed by atoms with Crippen molar-refractivity contribution in [1.29, 1.82) is 0 Å². The summed E-state index contributed by atoms with van der Waals surface area (Å²) in [5.74, 6) is -0.931. The summed E-state index contributed by atoms with van der Waals surface area (Å²) in [7, 11) is 0. The highest BCUT2D eigenvalue weighted by Gasteiger charge is 2.54. The molecule has 2 saturated heterocycles. The van der Waals surface area contributed by atoms with Crippen LogP contribution in [0.4, 0.5) is 0 Å². The van der Waals surface area contributed by atoms with Crippen LogP contribution in [-0.4, -0.2) is 160 Å². The molecule has 0 amide bonds. The second-order valence-corrected chi connectivity index (χ2v) is 12.0. The maximum Gasteiger partial charge on any atom is 0.184 e. The Morgan fingerprint density at radius 2 is 1.66 bits per heavy atom. The topological polar surface area (TPSA) is 266 Å². The van der Waals surface area contributed by atoms with Crippen molar-refractivity contribution in [3.63, 3.8) is 0 Å². The van der Waals surface area contributed by atoms with Crippen molar-refractivity contribution in [2.24, 2.45) is 29.2 Å². The summed E-state index contributed by atoms with van der Waals surface area (Å²) >= 11 is 0. The van der Waals surface area contributed by atoms with Gasteiger partial charge in [0.2, 0.25) is 0 Å². The third-order valence-electron chi connectivity index (χ3n) is 8.67. The highest BCUT2D eigenvalue weighted by Crippen LogP contribution is 2.40. The SMILES string of the molecule is CC(CO)CNCC1OC(C2C(C)CC(NCC(O)CN)C(OC3OC(CO)C(O)CC3O)C2O)C(N)C(O)C1O. The van der Waals surface area contributed by atoms with E-state index in [9.17, 15) is 40.9 Å². The minimum atomic E-state index is -1.33. The van der Waals surface area contributed by atoms with Crippen molar-refractivity contribution in [1.82, 2.24) is 10.6 Å². The van der Waals surface area contributed by atoms with Gasteiger partial charge in [0.15, 0.2) is 6.29 Å². The molecule has 41 heavy (non-hydrogen) atoms. The molecule has 0 radical (unpaired) electrons. The van der Waals surface area contributed by atoms with Gasteiger partial charge in [-0.1, -0.05) is 13.8 Å². The molecule has 2 heterocycles. The van der Waals surface area contributed by atoms with Crippen molar-refractivity contribution >= 4 is 0 Å². The van der Waals surface area contributed by atoms with E-state index in [4.69, 9.17) is 25.7 Å². The molecule has 0 aromatic heterocycles. The maximum absolute atomic E-state index is 11.8. The van der Waals surface area contributed by atoms with Crippen LogP contribution < -0.4 is 22.1 Å². The van der Waals surface area contributed by atoms with Gasteiger partial charge in [0, 0.05) is 44.6 Å². The number of nitrogens with one attached hydrogen (secondary N) is 2. The van der Waals surface area contributed by atoms with Crippen LogP contribution in [0.2, 0.25) is 0 Å². The van der Waals surface area contributed by atoms with Gasteiger partial charge in [-0.25, -0.2) is 0 Å². The number of rotatable bonds is 13. The zero-order valence-electron chi connectivity index (χ0n) is 23.9. The van der Waals surface area contributed by atoms with E-state index in [0.717, 1.165) is 0 Å². The summed E-state index contributed by atoms with van der Waals surface area (Å²) in [6.45, 7) is 4.01. The van der Waals surface area contributed by atoms with Crippen LogP contribution in [0, 0.1) is 17.8 Å². The Bertz CT molecular complexity index is 775. The van der Waals surface area contributed by atoms with Gasteiger partial charge in [0.05, 0.1) is 43.2 Å². The lowest BCUT2D eigenvalue weighted by molar-refractivity contribution is -0.305. The van der Waals surface area contributed by atoms with Crippen molar-refractivity contribution < 1.29 is 55.1 Å². The molecule has 242 valence electrons. The van der Waals surface area contributed by atoms with Crippen LogP contribution >= 0.6 is 0 Å². The van der Waals surface area contributed by atoms with Crippen LogP contribution in [-0.2, 0) is 14.2 Å². The molecule has 3 aliphatic rings. The zero-order chi connectivity index (χ0) is 30.4. The average Bonchev–Trinajstić information content (AvgIpc) is 2.94. The molecule has 15 nitrogen and oxygen atoms in total. The minimum Gasteiger partial charge on any atom is -0.396 e. The smallest absolute Gasteiger partial charge is 0.184 e. The lowest BCUT2D eigenvalue weighted by Crippen LogP contribution is -2.69. The van der Waals surface area contributed by atoms with Crippen molar-refractivity contribution in [3.05, 3.63) is 0 Å². The summed E-state index contributed by atoms with van der Waals surface area (Å²) in [6, 6.07) is -1.56. The Labute approximate surface area is 240 Å². The number of hydrogen-bond donors (Lipinski definition) is 12. The van der Waals surface area contributed by atoms with Crippen LogP contribution in [0.3, 0.4) is 0 Å². The van der Waals surface area contributed by atoms with Crippen LogP contribution in [0.15, 0.2) is 0 Å². The molecule has 16 atom stereocenters. The first kappa shape index (κ1) is 34.9. The van der Waals surface area contributed by atoms with Gasteiger partial charge in [-0.15, -0.1) is 0 Å². The summed E-state index contributed by atoms with van der Waals surface area (Å²) in [5, 5.41) is 89.2. The fraction of sp³-hybridized carbons (Fsp3) is 1.00. The summed E-state index contributed by atoms with van der Waals surface area (Å²) in [5.41, 5.74) is 11.9. The lowest BCUT2D eigenvalue weighted by Gasteiger charge is -2.52. The molecule has 0 aromatic rings. The fourth-order valence-electron chi connectivity index (χ4n) is 6.12. The first-order valence-corrected chi connectivity index (χ1v) is 14.6. The Morgan fingerprint density at radius 3 is 2.29 bits per heavy atom. The predicted molar refractivity (Wildman–Crippen MR) is 145 cm³/mol. The quantitative estimate of drug-likeness (QED) is 0.0946. The minimum absolute atomic E-state index is 0.0146. The van der Waals surface area contributed by atoms with Gasteiger partial charge < -0.3 is 77.2 Å². The fourth-order valence-corrected chi connectivity index (χ4v) is 6.12. The largest absolute Gasteiger partial charge is 0.396 e. The molecule has 15 heteroatoms. The standard InChI is InChI=1S/C26H52N4O11/c1-11(9-31)6-29-8-17-21(36)23(38)20(28)25(39-17)19-12(2)3-14(30-7-13(33)5-27)24(22(19)37)41-26-16(35)4-15(34)18(10-32)40-26/h11-26,29-38H,3-10,27-28H2,1-2H3. The van der Waals surface area contributed by atoms with Gasteiger partial charge in [-0.05, 0) is 24.8 Å². The molecule has 3 fully saturated rings. The van der Waals surface area contributed by atoms with E-state index in [1.54, 1.807) is 0 Å². The van der Waals surface area contributed by atoms with Gasteiger partial charge >= 0.3 is 0 Å². The van der Waals surface area contributed by atoms with Crippen molar-refractivity contribution in [2.75, 3.05) is 39.4 Å². The normalized spacial score (nSPS) is 45.4. The maximum atomic E-state index is 11.8. The Morgan fingerprint density at radius 1 is 0.951 bits per heavy atom. The molecule has 0 bridgehead atoms. The first-order valence-electron chi connectivity index (χ1n) is 14.6. The molecule has 0 aromatic carbocycles. The first-order chi connectivity index (χ1) is 19.4. The highest BCUT2D eigenvalue weighted by molar-refractivity contribution is 5.05. The van der Waals surface area contributed by atoms with E-state index < -0.39 is 91.9 Å². The van der Waals surface area contributed by atoms with Gasteiger partial charge in [-0.2, -0.15) is 0 Å². The van der Waals surface area contributed by atoms with Crippen molar-refractivity contribution in [3.8, 4) is 0 Å². The number of aliphatic hydroxyl groups excluding tert-OH is 8. The Balaban J connectivity index is 1.82. The predicted octanol–water partition coefficient (Wildman–Crippen LogP) is -5.47. The van der Waals surface area contributed by atoms with E-state index >= 15 is 0 Å². The third kappa shape index (κ3) is 8.53. The summed E-state index contributed by atoms with van der Waals surface area (Å²) < 4.78 is 18.0. The van der Waals surface area contributed by atoms with Gasteiger partial charge in [0.25, 0.3) is 0 Å². The van der Waals surface area contributed by atoms with Crippen LogP contribution in [0.25, 0.3) is 0 Å². The second-order valence-electron chi connectivity index (χ2n) is 12.0. The Hall–Kier alpha value is -0.600. The number of hydrogen-bond acceptors (Lipinski definition) is 15. The second kappa shape index (κ2) is 15.9. The molecule has 16 unspecified atom stereocenters. The van der Waals surface area contributed by atoms with Gasteiger partial charge in [-0.3, -0.25) is 0 Å². The highest BCUT2D eigenvalue weighted by atomic mass is 16.7. The molecule has 3 rings (SSSR count). The lowest BCUT2D eigenvalue weighted by atomic mass is 9.68. The third-order valence-corrected chi connectivity index (χ3v) is 8.67. The van der Waals surface area contributed by atoms with Gasteiger partial charge in [0.1, 0.15) is 30.5 Å². The van der Waals surface area contributed by atoms with E-state index in [0.29, 0.717) is 13.0 Å². The molecule has 0 spiro atoms. The molecular weight excluding hydrogens is 544 g/mol. The van der Waals surface area contributed by atoms with E-state index in [2.05, 4.69) is 10.6 Å². The summed E-state index contributed by atoms with van der Waals surface area (Å²) in [4.78, 5) is 0. The van der Waals surface area contributed by atoms with E-state index in [1.807, 2.05) is 13.8 Å². The molecule has 14 N–H and O–H groups in total. The van der Waals surface area contributed by atoms with Crippen LogP contribution in [0.1, 0.15) is 26.7 Å². The molecule has 1 saturated carbocycles. The number of aliphatic hydroxyl groups is 8. The van der Waals surface area contributed by atoms with E-state index in [1.165, 1.54) is 0 Å². The summed E-state index contributed by atoms with van der Waals surface area (Å²) in [6.07, 6.45) is -11.7. The molecular formula is C26H52N4O11. The average molecular weight is 597 g/mol. The van der Waals surface area contributed by atoms with Crippen LogP contribution in [0.5, 0.6) is 0 Å². The monoisotopic (exact) mass is 596 g/mol. The molecule has 1 aliphatic carbocycles. The zero-order valence-corrected chi connectivity index (χ0v) is 23.9. The number of nitrogens with two attached hydrogens (primary N) is 2. The van der Waals surface area contributed by atoms with Crippen molar-refractivity contribution in [2.45, 2.75) is 106 Å². The van der Waals surface area contributed by atoms with E-state index in [-0.39, 0.29) is 44.5 Å². The molecule has 2 aliphatic heterocycles. The Kier molecular flexibility index (Phi) is 13.6.